The number of methoxy groups -OCH3 is 1. The predicted octanol–water partition coefficient (Wildman–Crippen LogP) is 2.91. The van der Waals surface area contributed by atoms with E-state index in [-0.39, 0.29) is 6.61 Å². The van der Waals surface area contributed by atoms with Crippen LogP contribution in [0.4, 0.5) is 0 Å². The maximum absolute atomic E-state index is 9.18. The number of ether oxygens (including phenoxy) is 5. The van der Waals surface area contributed by atoms with Crippen LogP contribution in [0.5, 0.6) is 17.2 Å². The van der Waals surface area contributed by atoms with Crippen molar-refractivity contribution in [2.45, 2.75) is 26.1 Å². The van der Waals surface area contributed by atoms with Gasteiger partial charge in [-0.3, -0.25) is 0 Å². The Morgan fingerprint density at radius 1 is 0.700 bits per heavy atom. The lowest BCUT2D eigenvalue weighted by atomic mass is 10.1. The standard InChI is InChI=1S/C23H32O7/c1-17(24)15-27-10-12-29-21-7-4-19(5-8-21)20-6-9-22(23(14-20)26-3)30-13-11-28-16-18(2)25/h4-9,14,17-18,24-25H,10-13,15-16H2,1-3H3. The molecule has 0 aliphatic rings. The van der Waals surface area contributed by atoms with Crippen molar-refractivity contribution in [3.05, 3.63) is 42.5 Å². The van der Waals surface area contributed by atoms with Gasteiger partial charge in [0.05, 0.1) is 45.7 Å². The van der Waals surface area contributed by atoms with Gasteiger partial charge in [-0.25, -0.2) is 0 Å². The molecule has 2 rings (SSSR count). The average molecular weight is 421 g/mol. The molecule has 2 unspecified atom stereocenters. The second-order valence-electron chi connectivity index (χ2n) is 6.93. The van der Waals surface area contributed by atoms with Crippen LogP contribution in [0.2, 0.25) is 0 Å². The Kier molecular flexibility index (Phi) is 10.4. The van der Waals surface area contributed by atoms with Crippen LogP contribution in [0.15, 0.2) is 42.5 Å². The van der Waals surface area contributed by atoms with E-state index in [4.69, 9.17) is 28.8 Å². The van der Waals surface area contributed by atoms with E-state index >= 15 is 0 Å². The summed E-state index contributed by atoms with van der Waals surface area (Å²) in [4.78, 5) is 0. The van der Waals surface area contributed by atoms with Gasteiger partial charge in [0.1, 0.15) is 19.0 Å². The highest BCUT2D eigenvalue weighted by atomic mass is 16.5. The first-order valence-corrected chi connectivity index (χ1v) is 10.0. The molecule has 166 valence electrons. The fraction of sp³-hybridized carbons (Fsp3) is 0.478. The Morgan fingerprint density at radius 3 is 1.83 bits per heavy atom. The molecule has 2 N–H and O–H groups in total. The second kappa shape index (κ2) is 13.1. The molecule has 0 fully saturated rings. The molecule has 2 atom stereocenters. The van der Waals surface area contributed by atoms with Crippen molar-refractivity contribution in [2.75, 3.05) is 46.8 Å². The Bertz CT molecular complexity index is 729. The van der Waals surface area contributed by atoms with Crippen LogP contribution >= 0.6 is 0 Å². The summed E-state index contributed by atoms with van der Waals surface area (Å²) in [6.07, 6.45) is -0.958. The van der Waals surface area contributed by atoms with E-state index in [0.717, 1.165) is 16.9 Å². The van der Waals surface area contributed by atoms with Crippen LogP contribution in [0, 0.1) is 0 Å². The van der Waals surface area contributed by atoms with Crippen LogP contribution < -0.4 is 14.2 Å². The van der Waals surface area contributed by atoms with E-state index in [1.807, 2.05) is 42.5 Å². The SMILES string of the molecule is COc1cc(-c2ccc(OCCOCC(C)O)cc2)ccc1OCCOCC(C)O. The number of hydrogen-bond donors (Lipinski definition) is 2. The minimum Gasteiger partial charge on any atom is -0.493 e. The zero-order valence-corrected chi connectivity index (χ0v) is 17.9. The van der Waals surface area contributed by atoms with Gasteiger partial charge in [0.25, 0.3) is 0 Å². The predicted molar refractivity (Wildman–Crippen MR) is 114 cm³/mol. The van der Waals surface area contributed by atoms with Gasteiger partial charge in [-0.2, -0.15) is 0 Å². The molecular formula is C23H32O7. The first-order valence-electron chi connectivity index (χ1n) is 10.0. The van der Waals surface area contributed by atoms with E-state index in [2.05, 4.69) is 0 Å². The third-order valence-electron chi connectivity index (χ3n) is 4.05. The summed E-state index contributed by atoms with van der Waals surface area (Å²) in [7, 11) is 1.60. The molecule has 2 aromatic rings. The smallest absolute Gasteiger partial charge is 0.161 e. The summed E-state index contributed by atoms with van der Waals surface area (Å²) in [5, 5.41) is 18.3. The molecule has 0 saturated heterocycles. The lowest BCUT2D eigenvalue weighted by molar-refractivity contribution is 0.0325. The third kappa shape index (κ3) is 8.59. The minimum atomic E-state index is -0.487. The fourth-order valence-corrected chi connectivity index (χ4v) is 2.65. The first kappa shape index (κ1) is 24.0. The van der Waals surface area contributed by atoms with Crippen molar-refractivity contribution in [3.8, 4) is 28.4 Å². The maximum Gasteiger partial charge on any atom is 0.161 e. The second-order valence-corrected chi connectivity index (χ2v) is 6.93. The van der Waals surface area contributed by atoms with E-state index < -0.39 is 12.2 Å². The van der Waals surface area contributed by atoms with E-state index in [1.54, 1.807) is 21.0 Å². The van der Waals surface area contributed by atoms with Crippen molar-refractivity contribution in [3.63, 3.8) is 0 Å². The van der Waals surface area contributed by atoms with E-state index in [0.29, 0.717) is 44.5 Å². The zero-order valence-electron chi connectivity index (χ0n) is 17.9. The van der Waals surface area contributed by atoms with Gasteiger partial charge in [-0.05, 0) is 49.2 Å². The maximum atomic E-state index is 9.18. The molecule has 0 aliphatic carbocycles. The summed E-state index contributed by atoms with van der Waals surface area (Å²) in [5.74, 6) is 2.03. The molecule has 0 heterocycles. The number of aliphatic hydroxyl groups is 2. The van der Waals surface area contributed by atoms with E-state index in [1.165, 1.54) is 0 Å². The molecule has 7 heteroatoms. The van der Waals surface area contributed by atoms with Gasteiger partial charge >= 0.3 is 0 Å². The molecule has 0 aromatic heterocycles. The number of rotatable bonds is 14. The summed E-state index contributed by atoms with van der Waals surface area (Å²) >= 11 is 0. The molecule has 0 bridgehead atoms. The molecule has 30 heavy (non-hydrogen) atoms. The summed E-state index contributed by atoms with van der Waals surface area (Å²) in [6, 6.07) is 13.5. The van der Waals surface area contributed by atoms with Crippen LogP contribution in [0.3, 0.4) is 0 Å². The van der Waals surface area contributed by atoms with Gasteiger partial charge in [-0.15, -0.1) is 0 Å². The summed E-state index contributed by atoms with van der Waals surface area (Å²) < 4.78 is 27.4. The highest BCUT2D eigenvalue weighted by Gasteiger charge is 2.08. The number of hydrogen-bond acceptors (Lipinski definition) is 7. The zero-order chi connectivity index (χ0) is 21.8. The van der Waals surface area contributed by atoms with Crippen molar-refractivity contribution in [1.29, 1.82) is 0 Å². The van der Waals surface area contributed by atoms with Crippen LogP contribution in [-0.2, 0) is 9.47 Å². The Balaban J connectivity index is 1.87. The molecular weight excluding hydrogens is 388 g/mol. The van der Waals surface area contributed by atoms with Crippen molar-refractivity contribution in [2.24, 2.45) is 0 Å². The molecule has 0 aliphatic heterocycles. The van der Waals surface area contributed by atoms with Crippen LogP contribution in [-0.4, -0.2) is 69.2 Å². The first-order chi connectivity index (χ1) is 14.5. The van der Waals surface area contributed by atoms with Crippen molar-refractivity contribution >= 4 is 0 Å². The minimum absolute atomic E-state index is 0.286. The largest absolute Gasteiger partial charge is 0.493 e. The topological polar surface area (TPSA) is 86.6 Å². The highest BCUT2D eigenvalue weighted by molar-refractivity contribution is 5.67. The fourth-order valence-electron chi connectivity index (χ4n) is 2.65. The molecule has 0 radical (unpaired) electrons. The lowest BCUT2D eigenvalue weighted by Gasteiger charge is -2.13. The summed E-state index contributed by atoms with van der Waals surface area (Å²) in [5.41, 5.74) is 2.02. The summed E-state index contributed by atoms with van der Waals surface area (Å²) in [6.45, 7) is 5.56. The lowest BCUT2D eigenvalue weighted by Crippen LogP contribution is -2.14. The third-order valence-corrected chi connectivity index (χ3v) is 4.05. The Morgan fingerprint density at radius 2 is 1.27 bits per heavy atom. The van der Waals surface area contributed by atoms with Crippen LogP contribution in [0.25, 0.3) is 11.1 Å². The number of benzene rings is 2. The molecule has 0 saturated carbocycles. The molecule has 2 aromatic carbocycles. The van der Waals surface area contributed by atoms with Gasteiger partial charge in [-0.1, -0.05) is 18.2 Å². The van der Waals surface area contributed by atoms with Gasteiger partial charge in [0, 0.05) is 0 Å². The van der Waals surface area contributed by atoms with Gasteiger partial charge in [0.2, 0.25) is 0 Å². The van der Waals surface area contributed by atoms with Gasteiger partial charge in [0.15, 0.2) is 11.5 Å². The van der Waals surface area contributed by atoms with Crippen molar-refractivity contribution < 1.29 is 33.9 Å². The number of aliphatic hydroxyl groups excluding tert-OH is 2. The highest BCUT2D eigenvalue weighted by Crippen LogP contribution is 2.33. The Hall–Kier alpha value is -2.32. The van der Waals surface area contributed by atoms with E-state index in [9.17, 15) is 5.11 Å². The van der Waals surface area contributed by atoms with Gasteiger partial charge < -0.3 is 33.9 Å². The van der Waals surface area contributed by atoms with Crippen molar-refractivity contribution in [1.82, 2.24) is 0 Å². The quantitative estimate of drug-likeness (QED) is 0.455. The normalized spacial score (nSPS) is 13.0. The molecule has 7 nitrogen and oxygen atoms in total. The van der Waals surface area contributed by atoms with Crippen LogP contribution in [0.1, 0.15) is 13.8 Å². The molecule has 0 spiro atoms. The monoisotopic (exact) mass is 420 g/mol. The molecule has 0 amide bonds. The average Bonchev–Trinajstić information content (AvgIpc) is 2.73. The Labute approximate surface area is 178 Å².